The highest BCUT2D eigenvalue weighted by molar-refractivity contribution is 5.77. The minimum Gasteiger partial charge on any atom is -0.479 e. The van der Waals surface area contributed by atoms with Gasteiger partial charge in [-0.25, -0.2) is 4.79 Å². The summed E-state index contributed by atoms with van der Waals surface area (Å²) in [6, 6.07) is 5.57. The Kier molecular flexibility index (Phi) is 4.26. The molecule has 1 aromatic rings. The molecule has 1 N–H and O–H groups in total. The minimum absolute atomic E-state index is 0.688. The van der Waals surface area contributed by atoms with Crippen LogP contribution in [0.3, 0.4) is 0 Å². The standard InChI is InChI=1S/C13H16O3/c1-4-6-10-9(2)7-5-8-11(10)12(16-3)13(14)15/h4-8,12H,1-3H3,(H,14,15). The van der Waals surface area contributed by atoms with Gasteiger partial charge in [-0.2, -0.15) is 0 Å². The van der Waals surface area contributed by atoms with Crippen molar-refractivity contribution in [3.8, 4) is 0 Å². The quantitative estimate of drug-likeness (QED) is 0.848. The van der Waals surface area contributed by atoms with Crippen molar-refractivity contribution in [3.63, 3.8) is 0 Å². The summed E-state index contributed by atoms with van der Waals surface area (Å²) in [5.41, 5.74) is 2.64. The van der Waals surface area contributed by atoms with Gasteiger partial charge in [0, 0.05) is 7.11 Å². The number of carbonyl (C=O) groups is 1. The van der Waals surface area contributed by atoms with Crippen LogP contribution in [0, 0.1) is 6.92 Å². The first-order valence-electron chi connectivity index (χ1n) is 5.09. The molecule has 0 radical (unpaired) electrons. The maximum absolute atomic E-state index is 11.0. The minimum atomic E-state index is -0.973. The van der Waals surface area contributed by atoms with Gasteiger partial charge in [0.25, 0.3) is 0 Å². The lowest BCUT2D eigenvalue weighted by Gasteiger charge is -2.15. The summed E-state index contributed by atoms with van der Waals surface area (Å²) in [6.45, 7) is 3.85. The SMILES string of the molecule is CC=Cc1c(C)cccc1C(OC)C(=O)O. The van der Waals surface area contributed by atoms with Crippen molar-refractivity contribution in [2.24, 2.45) is 0 Å². The summed E-state index contributed by atoms with van der Waals surface area (Å²) in [5.74, 6) is -0.973. The summed E-state index contributed by atoms with van der Waals surface area (Å²) < 4.78 is 5.01. The highest BCUT2D eigenvalue weighted by Crippen LogP contribution is 2.25. The van der Waals surface area contributed by atoms with Crippen molar-refractivity contribution in [3.05, 3.63) is 41.0 Å². The van der Waals surface area contributed by atoms with E-state index >= 15 is 0 Å². The van der Waals surface area contributed by atoms with Crippen LogP contribution < -0.4 is 0 Å². The summed E-state index contributed by atoms with van der Waals surface area (Å²) in [5, 5.41) is 9.06. The zero-order chi connectivity index (χ0) is 12.1. The van der Waals surface area contributed by atoms with Crippen LogP contribution in [-0.2, 0) is 9.53 Å². The Morgan fingerprint density at radius 1 is 1.50 bits per heavy atom. The highest BCUT2D eigenvalue weighted by Gasteiger charge is 2.21. The second kappa shape index (κ2) is 5.47. The second-order valence-corrected chi connectivity index (χ2v) is 3.53. The first kappa shape index (κ1) is 12.5. The average Bonchev–Trinajstić information content (AvgIpc) is 2.23. The number of carboxylic acid groups (broad SMARTS) is 1. The number of carboxylic acids is 1. The molecular weight excluding hydrogens is 204 g/mol. The van der Waals surface area contributed by atoms with Crippen molar-refractivity contribution in [1.82, 2.24) is 0 Å². The van der Waals surface area contributed by atoms with Crippen LogP contribution in [0.2, 0.25) is 0 Å². The van der Waals surface area contributed by atoms with Gasteiger partial charge in [-0.15, -0.1) is 0 Å². The first-order chi connectivity index (χ1) is 7.61. The van der Waals surface area contributed by atoms with E-state index in [-0.39, 0.29) is 0 Å². The van der Waals surface area contributed by atoms with Crippen LogP contribution in [0.4, 0.5) is 0 Å². The van der Waals surface area contributed by atoms with Crippen molar-refractivity contribution in [2.45, 2.75) is 20.0 Å². The average molecular weight is 220 g/mol. The number of methoxy groups -OCH3 is 1. The topological polar surface area (TPSA) is 46.5 Å². The van der Waals surface area contributed by atoms with E-state index < -0.39 is 12.1 Å². The molecule has 86 valence electrons. The van der Waals surface area contributed by atoms with E-state index in [4.69, 9.17) is 9.84 Å². The third-order valence-corrected chi connectivity index (χ3v) is 2.43. The molecule has 3 nitrogen and oxygen atoms in total. The van der Waals surface area contributed by atoms with Crippen molar-refractivity contribution < 1.29 is 14.6 Å². The lowest BCUT2D eigenvalue weighted by atomic mass is 9.97. The van der Waals surface area contributed by atoms with E-state index in [0.29, 0.717) is 5.56 Å². The molecular formula is C13H16O3. The molecule has 1 unspecified atom stereocenters. The summed E-state index contributed by atoms with van der Waals surface area (Å²) in [7, 11) is 1.40. The fourth-order valence-electron chi connectivity index (χ4n) is 1.69. The number of rotatable bonds is 4. The maximum atomic E-state index is 11.0. The first-order valence-corrected chi connectivity index (χ1v) is 5.09. The van der Waals surface area contributed by atoms with Crippen LogP contribution in [0.15, 0.2) is 24.3 Å². The van der Waals surface area contributed by atoms with Gasteiger partial charge in [0.15, 0.2) is 6.10 Å². The molecule has 0 bridgehead atoms. The lowest BCUT2D eigenvalue weighted by molar-refractivity contribution is -0.148. The molecule has 1 aromatic carbocycles. The Hall–Kier alpha value is -1.61. The van der Waals surface area contributed by atoms with E-state index in [1.54, 1.807) is 6.07 Å². The number of hydrogen-bond acceptors (Lipinski definition) is 2. The predicted molar refractivity (Wildman–Crippen MR) is 63.3 cm³/mol. The number of aryl methyl sites for hydroxylation is 1. The normalized spacial score (nSPS) is 12.9. The van der Waals surface area contributed by atoms with Gasteiger partial charge in [0.05, 0.1) is 0 Å². The molecule has 0 saturated heterocycles. The van der Waals surface area contributed by atoms with E-state index in [1.807, 2.05) is 38.1 Å². The van der Waals surface area contributed by atoms with Crippen molar-refractivity contribution in [1.29, 1.82) is 0 Å². The van der Waals surface area contributed by atoms with Gasteiger partial charge in [0.1, 0.15) is 0 Å². The van der Waals surface area contributed by atoms with E-state index in [9.17, 15) is 4.79 Å². The molecule has 16 heavy (non-hydrogen) atoms. The molecule has 0 spiro atoms. The molecule has 3 heteroatoms. The highest BCUT2D eigenvalue weighted by atomic mass is 16.5. The van der Waals surface area contributed by atoms with Crippen LogP contribution in [0.5, 0.6) is 0 Å². The fourth-order valence-corrected chi connectivity index (χ4v) is 1.69. The molecule has 0 saturated carbocycles. The molecule has 0 aliphatic heterocycles. The van der Waals surface area contributed by atoms with Gasteiger partial charge in [-0.3, -0.25) is 0 Å². The van der Waals surface area contributed by atoms with Gasteiger partial charge in [-0.05, 0) is 30.5 Å². The molecule has 0 aliphatic carbocycles. The third kappa shape index (κ3) is 2.49. The second-order valence-electron chi connectivity index (χ2n) is 3.53. The smallest absolute Gasteiger partial charge is 0.337 e. The summed E-state index contributed by atoms with van der Waals surface area (Å²) in [4.78, 5) is 11.0. The molecule has 0 aliphatic rings. The molecule has 0 aromatic heterocycles. The maximum Gasteiger partial charge on any atom is 0.337 e. The zero-order valence-electron chi connectivity index (χ0n) is 9.73. The fraction of sp³-hybridized carbons (Fsp3) is 0.308. The molecule has 1 atom stereocenters. The zero-order valence-corrected chi connectivity index (χ0v) is 9.73. The summed E-state index contributed by atoms with van der Waals surface area (Å²) in [6.07, 6.45) is 2.88. The molecule has 1 rings (SSSR count). The molecule has 0 amide bonds. The Morgan fingerprint density at radius 3 is 2.69 bits per heavy atom. The monoisotopic (exact) mass is 220 g/mol. The van der Waals surface area contributed by atoms with Crippen LogP contribution in [0.1, 0.15) is 29.7 Å². The van der Waals surface area contributed by atoms with Gasteiger partial charge in [0.2, 0.25) is 0 Å². The summed E-state index contributed by atoms with van der Waals surface area (Å²) >= 11 is 0. The van der Waals surface area contributed by atoms with Gasteiger partial charge in [-0.1, -0.05) is 30.4 Å². The van der Waals surface area contributed by atoms with Crippen molar-refractivity contribution >= 4 is 12.0 Å². The number of hydrogen-bond donors (Lipinski definition) is 1. The van der Waals surface area contributed by atoms with E-state index in [0.717, 1.165) is 11.1 Å². The Morgan fingerprint density at radius 2 is 2.19 bits per heavy atom. The van der Waals surface area contributed by atoms with Crippen LogP contribution in [-0.4, -0.2) is 18.2 Å². The number of allylic oxidation sites excluding steroid dienone is 1. The third-order valence-electron chi connectivity index (χ3n) is 2.43. The number of ether oxygens (including phenoxy) is 1. The van der Waals surface area contributed by atoms with Crippen LogP contribution >= 0.6 is 0 Å². The predicted octanol–water partition coefficient (Wildman–Crippen LogP) is 2.80. The Balaban J connectivity index is 3.31. The molecule has 0 fully saturated rings. The van der Waals surface area contributed by atoms with Crippen molar-refractivity contribution in [2.75, 3.05) is 7.11 Å². The Labute approximate surface area is 95.4 Å². The van der Waals surface area contributed by atoms with Gasteiger partial charge < -0.3 is 9.84 Å². The Bertz CT molecular complexity index is 408. The largest absolute Gasteiger partial charge is 0.479 e. The number of aliphatic carboxylic acids is 1. The van der Waals surface area contributed by atoms with E-state index in [1.165, 1.54) is 7.11 Å². The van der Waals surface area contributed by atoms with Gasteiger partial charge >= 0.3 is 5.97 Å². The number of benzene rings is 1. The molecule has 0 heterocycles. The van der Waals surface area contributed by atoms with Crippen LogP contribution in [0.25, 0.3) is 6.08 Å². The van der Waals surface area contributed by atoms with E-state index in [2.05, 4.69) is 0 Å². The lowest BCUT2D eigenvalue weighted by Crippen LogP contribution is -2.15.